The Morgan fingerprint density at radius 2 is 2.06 bits per heavy atom. The number of rotatable bonds is 4. The summed E-state index contributed by atoms with van der Waals surface area (Å²) in [6.07, 6.45) is 4.85. The number of aliphatic hydroxyl groups excluding tert-OH is 1. The lowest BCUT2D eigenvalue weighted by molar-refractivity contribution is 0.0923. The minimum Gasteiger partial charge on any atom is -0.393 e. The van der Waals surface area contributed by atoms with Crippen LogP contribution in [0.2, 0.25) is 0 Å². The fourth-order valence-corrected chi connectivity index (χ4v) is 5.00. The molecule has 1 saturated heterocycles. The van der Waals surface area contributed by atoms with Gasteiger partial charge < -0.3 is 15.3 Å². The van der Waals surface area contributed by atoms with E-state index in [0.29, 0.717) is 12.1 Å². The van der Waals surface area contributed by atoms with E-state index in [1.54, 1.807) is 4.52 Å². The second kappa shape index (κ2) is 7.64. The van der Waals surface area contributed by atoms with E-state index in [1.807, 2.05) is 13.1 Å². The summed E-state index contributed by atoms with van der Waals surface area (Å²) in [6, 6.07) is 12.8. The van der Waals surface area contributed by atoms with Gasteiger partial charge in [0.25, 0.3) is 5.91 Å². The van der Waals surface area contributed by atoms with E-state index in [2.05, 4.69) is 63.6 Å². The van der Waals surface area contributed by atoms with Crippen molar-refractivity contribution in [3.05, 3.63) is 59.5 Å². The lowest BCUT2D eigenvalue weighted by Crippen LogP contribution is -2.34. The predicted molar refractivity (Wildman–Crippen MR) is 119 cm³/mol. The van der Waals surface area contributed by atoms with Crippen molar-refractivity contribution in [3.8, 4) is 0 Å². The maximum absolute atomic E-state index is 12.6. The molecule has 0 unspecified atom stereocenters. The summed E-state index contributed by atoms with van der Waals surface area (Å²) in [5.41, 5.74) is 4.27. The van der Waals surface area contributed by atoms with Crippen molar-refractivity contribution >= 4 is 17.2 Å². The average Bonchev–Trinajstić information content (AvgIpc) is 3.48. The Morgan fingerprint density at radius 1 is 1.26 bits per heavy atom. The Kier molecular flexibility index (Phi) is 4.93. The molecule has 1 aliphatic carbocycles. The van der Waals surface area contributed by atoms with Crippen LogP contribution in [0.3, 0.4) is 0 Å². The number of hydrogen-bond acceptors (Lipinski definition) is 5. The van der Waals surface area contributed by atoms with Gasteiger partial charge in [-0.15, -0.1) is 5.10 Å². The Bertz CT molecular complexity index is 1110. The molecule has 2 fully saturated rings. The molecule has 2 aliphatic rings. The molecule has 1 saturated carbocycles. The Balaban J connectivity index is 1.37. The number of nitrogens with zero attached hydrogens (tertiary/aromatic N) is 4. The van der Waals surface area contributed by atoms with Crippen LogP contribution in [0.5, 0.6) is 0 Å². The summed E-state index contributed by atoms with van der Waals surface area (Å²) in [5, 5.41) is 17.1. The summed E-state index contributed by atoms with van der Waals surface area (Å²) in [5.74, 6) is -0.0984. The van der Waals surface area contributed by atoms with Crippen molar-refractivity contribution in [3.63, 3.8) is 0 Å². The number of carbonyl (C=O) groups excluding carboxylic acids is 1. The summed E-state index contributed by atoms with van der Waals surface area (Å²) in [6.45, 7) is 6.25. The third-order valence-corrected chi connectivity index (χ3v) is 6.86. The molecule has 0 radical (unpaired) electrons. The van der Waals surface area contributed by atoms with Crippen molar-refractivity contribution in [2.45, 2.75) is 57.1 Å². The van der Waals surface area contributed by atoms with Gasteiger partial charge in [-0.05, 0) is 49.8 Å². The van der Waals surface area contributed by atoms with Crippen LogP contribution in [-0.4, -0.2) is 50.8 Å². The molecule has 0 spiro atoms. The summed E-state index contributed by atoms with van der Waals surface area (Å²) in [7, 11) is 0. The molecule has 7 heteroatoms. The predicted octanol–water partition coefficient (Wildman–Crippen LogP) is 2.85. The van der Waals surface area contributed by atoms with Gasteiger partial charge in [-0.25, -0.2) is 9.50 Å². The molecule has 3 aromatic rings. The molecule has 31 heavy (non-hydrogen) atoms. The number of aromatic nitrogens is 3. The second-order valence-electron chi connectivity index (χ2n) is 9.32. The monoisotopic (exact) mass is 419 g/mol. The number of hydrogen-bond donors (Lipinski definition) is 2. The van der Waals surface area contributed by atoms with Gasteiger partial charge in [0, 0.05) is 24.5 Å². The van der Waals surface area contributed by atoms with Crippen LogP contribution in [0.25, 0.3) is 5.65 Å². The lowest BCUT2D eigenvalue weighted by Gasteiger charge is -2.26. The van der Waals surface area contributed by atoms with Gasteiger partial charge in [0.2, 0.25) is 5.82 Å². The van der Waals surface area contributed by atoms with Gasteiger partial charge in [0.05, 0.1) is 18.0 Å². The van der Waals surface area contributed by atoms with Crippen LogP contribution in [0.15, 0.2) is 42.6 Å². The van der Waals surface area contributed by atoms with Gasteiger partial charge in [-0.2, -0.15) is 0 Å². The SMILES string of the molecule is Cc1cc(N2CC[C@](C)(c3ccccc3)C2)cn2nc(C(=O)N[C@H]3CC[C@H](O)C3)nc12. The van der Waals surface area contributed by atoms with Gasteiger partial charge in [-0.1, -0.05) is 37.3 Å². The smallest absolute Gasteiger partial charge is 0.291 e. The second-order valence-corrected chi connectivity index (χ2v) is 9.32. The summed E-state index contributed by atoms with van der Waals surface area (Å²) in [4.78, 5) is 19.5. The number of fused-ring (bicyclic) bond motifs is 1. The quantitative estimate of drug-likeness (QED) is 0.680. The first-order valence-electron chi connectivity index (χ1n) is 11.1. The molecule has 7 nitrogen and oxygen atoms in total. The lowest BCUT2D eigenvalue weighted by atomic mass is 9.82. The number of aliphatic hydroxyl groups is 1. The van der Waals surface area contributed by atoms with Crippen LogP contribution in [0.1, 0.15) is 54.4 Å². The first-order valence-corrected chi connectivity index (χ1v) is 11.1. The third-order valence-electron chi connectivity index (χ3n) is 6.86. The van der Waals surface area contributed by atoms with Crippen LogP contribution in [-0.2, 0) is 5.41 Å². The first kappa shape index (κ1) is 20.0. The largest absolute Gasteiger partial charge is 0.393 e. The van der Waals surface area contributed by atoms with Crippen molar-refractivity contribution in [1.29, 1.82) is 0 Å². The van der Waals surface area contributed by atoms with E-state index in [1.165, 1.54) is 5.56 Å². The fourth-order valence-electron chi connectivity index (χ4n) is 5.00. The molecular formula is C24H29N5O2. The van der Waals surface area contributed by atoms with Crippen LogP contribution in [0.4, 0.5) is 5.69 Å². The summed E-state index contributed by atoms with van der Waals surface area (Å²) >= 11 is 0. The molecule has 3 heterocycles. The maximum atomic E-state index is 12.6. The van der Waals surface area contributed by atoms with E-state index in [4.69, 9.17) is 0 Å². The zero-order valence-electron chi connectivity index (χ0n) is 18.1. The normalized spacial score (nSPS) is 26.0. The third kappa shape index (κ3) is 3.78. The molecule has 5 rings (SSSR count). The molecule has 0 bridgehead atoms. The molecule has 2 aromatic heterocycles. The highest BCUT2D eigenvalue weighted by atomic mass is 16.3. The van der Waals surface area contributed by atoms with Crippen LogP contribution >= 0.6 is 0 Å². The molecular weight excluding hydrogens is 390 g/mol. The van der Waals surface area contributed by atoms with Gasteiger partial charge in [0.15, 0.2) is 5.65 Å². The zero-order valence-corrected chi connectivity index (χ0v) is 18.1. The standard InChI is InChI=1S/C24H29N5O2/c1-16-12-19(28-11-10-24(2,15-28)17-6-4-3-5-7-17)14-29-22(16)26-21(27-29)23(31)25-18-8-9-20(30)13-18/h3-7,12,14,18,20,30H,8-11,13,15H2,1-2H3,(H,25,31)/t18-,20-,24-/m0/s1. The van der Waals surface area contributed by atoms with Gasteiger partial charge in [-0.3, -0.25) is 4.79 Å². The van der Waals surface area contributed by atoms with E-state index in [0.717, 1.165) is 43.6 Å². The fraction of sp³-hybridized carbons (Fsp3) is 0.458. The van der Waals surface area contributed by atoms with E-state index >= 15 is 0 Å². The molecule has 1 aliphatic heterocycles. The topological polar surface area (TPSA) is 82.8 Å². The molecule has 3 atom stereocenters. The number of benzene rings is 1. The maximum Gasteiger partial charge on any atom is 0.291 e. The molecule has 1 aromatic carbocycles. The molecule has 1 amide bonds. The van der Waals surface area contributed by atoms with Gasteiger partial charge in [0.1, 0.15) is 0 Å². The highest BCUT2D eigenvalue weighted by Gasteiger charge is 2.35. The number of aryl methyl sites for hydroxylation is 1. The average molecular weight is 420 g/mol. The molecule has 162 valence electrons. The highest BCUT2D eigenvalue weighted by molar-refractivity contribution is 5.91. The van der Waals surface area contributed by atoms with Crippen LogP contribution < -0.4 is 10.2 Å². The summed E-state index contributed by atoms with van der Waals surface area (Å²) < 4.78 is 1.72. The Morgan fingerprint density at radius 3 is 2.81 bits per heavy atom. The van der Waals surface area contributed by atoms with E-state index in [-0.39, 0.29) is 29.3 Å². The minimum absolute atomic E-state index is 0.00830. The Hall–Kier alpha value is -2.93. The van der Waals surface area contributed by atoms with Crippen molar-refractivity contribution in [1.82, 2.24) is 19.9 Å². The van der Waals surface area contributed by atoms with E-state index < -0.39 is 0 Å². The van der Waals surface area contributed by atoms with Crippen LogP contribution in [0, 0.1) is 6.92 Å². The number of amides is 1. The van der Waals surface area contributed by atoms with Crippen molar-refractivity contribution < 1.29 is 9.90 Å². The highest BCUT2D eigenvalue weighted by Crippen LogP contribution is 2.36. The number of nitrogens with one attached hydrogen (secondary N) is 1. The van der Waals surface area contributed by atoms with E-state index in [9.17, 15) is 9.90 Å². The zero-order chi connectivity index (χ0) is 21.6. The molecule has 2 N–H and O–H groups in total. The number of anilines is 1. The Labute approximate surface area is 182 Å². The number of carbonyl (C=O) groups is 1. The van der Waals surface area contributed by atoms with Gasteiger partial charge >= 0.3 is 0 Å². The van der Waals surface area contributed by atoms with Crippen molar-refractivity contribution in [2.24, 2.45) is 0 Å². The first-order chi connectivity index (χ1) is 14.9. The van der Waals surface area contributed by atoms with Crippen molar-refractivity contribution in [2.75, 3.05) is 18.0 Å². The number of pyridine rings is 1. The minimum atomic E-state index is -0.328.